The van der Waals surface area contributed by atoms with Crippen molar-refractivity contribution in [3.63, 3.8) is 0 Å². The molecule has 17 heavy (non-hydrogen) atoms. The summed E-state index contributed by atoms with van der Waals surface area (Å²) in [6.45, 7) is 3.79. The summed E-state index contributed by atoms with van der Waals surface area (Å²) in [5.74, 6) is 0. The van der Waals surface area contributed by atoms with Crippen molar-refractivity contribution in [1.82, 2.24) is 4.98 Å². The summed E-state index contributed by atoms with van der Waals surface area (Å²) in [4.78, 5) is 14.1. The molecule has 0 amide bonds. The maximum atomic E-state index is 10.8. The second-order valence-corrected chi connectivity index (χ2v) is 3.92. The Bertz CT molecular complexity index is 383. The van der Waals surface area contributed by atoms with Gasteiger partial charge in [-0.1, -0.05) is 13.8 Å². The average Bonchev–Trinajstić information content (AvgIpc) is 2.36. The lowest BCUT2D eigenvalue weighted by atomic mass is 9.93. The molecule has 1 rings (SSSR count). The molecular formula is C11H17N3O3. The summed E-state index contributed by atoms with van der Waals surface area (Å²) in [6, 6.07) is 1.55. The third kappa shape index (κ3) is 2.91. The van der Waals surface area contributed by atoms with E-state index in [1.165, 1.54) is 12.4 Å². The number of nitrogens with zero attached hydrogens (tertiary/aromatic N) is 2. The SMILES string of the molecule is CCC(CC)(CO)Nc1ccncc1[N+](=O)[O-]. The number of aliphatic hydroxyl groups excluding tert-OH is 1. The molecule has 0 aromatic carbocycles. The monoisotopic (exact) mass is 239 g/mol. The van der Waals surface area contributed by atoms with Gasteiger partial charge in [0.25, 0.3) is 0 Å². The van der Waals surface area contributed by atoms with Crippen LogP contribution in [0.3, 0.4) is 0 Å². The molecule has 0 aliphatic carbocycles. The molecule has 6 heteroatoms. The highest BCUT2D eigenvalue weighted by Crippen LogP contribution is 2.28. The maximum Gasteiger partial charge on any atom is 0.310 e. The van der Waals surface area contributed by atoms with Crippen LogP contribution in [-0.2, 0) is 0 Å². The van der Waals surface area contributed by atoms with Crippen molar-refractivity contribution in [2.75, 3.05) is 11.9 Å². The van der Waals surface area contributed by atoms with Crippen molar-refractivity contribution in [2.45, 2.75) is 32.2 Å². The third-order valence-electron chi connectivity index (χ3n) is 3.05. The van der Waals surface area contributed by atoms with Crippen LogP contribution in [0, 0.1) is 10.1 Å². The Hall–Kier alpha value is -1.69. The Kier molecular flexibility index (Phi) is 4.39. The molecule has 0 bridgehead atoms. The van der Waals surface area contributed by atoms with E-state index in [9.17, 15) is 15.2 Å². The summed E-state index contributed by atoms with van der Waals surface area (Å²) < 4.78 is 0. The molecule has 1 aromatic heterocycles. The van der Waals surface area contributed by atoms with Crippen LogP contribution in [0.5, 0.6) is 0 Å². The van der Waals surface area contributed by atoms with Gasteiger partial charge in [-0.3, -0.25) is 15.1 Å². The second-order valence-electron chi connectivity index (χ2n) is 3.92. The fourth-order valence-electron chi connectivity index (χ4n) is 1.61. The van der Waals surface area contributed by atoms with E-state index in [0.29, 0.717) is 18.5 Å². The number of nitrogens with one attached hydrogen (secondary N) is 1. The van der Waals surface area contributed by atoms with Crippen LogP contribution in [0.25, 0.3) is 0 Å². The predicted octanol–water partition coefficient (Wildman–Crippen LogP) is 1.95. The first-order chi connectivity index (χ1) is 8.08. The van der Waals surface area contributed by atoms with Crippen molar-refractivity contribution in [3.05, 3.63) is 28.6 Å². The summed E-state index contributed by atoms with van der Waals surface area (Å²) in [5.41, 5.74) is -0.207. The highest BCUT2D eigenvalue weighted by molar-refractivity contribution is 5.61. The van der Waals surface area contributed by atoms with Crippen LogP contribution in [-0.4, -0.2) is 27.2 Å². The van der Waals surface area contributed by atoms with Crippen LogP contribution >= 0.6 is 0 Å². The van der Waals surface area contributed by atoms with Gasteiger partial charge in [-0.25, -0.2) is 0 Å². The van der Waals surface area contributed by atoms with Gasteiger partial charge in [0.2, 0.25) is 0 Å². The molecule has 0 saturated carbocycles. The second kappa shape index (κ2) is 5.58. The lowest BCUT2D eigenvalue weighted by molar-refractivity contribution is -0.384. The van der Waals surface area contributed by atoms with Gasteiger partial charge in [0.15, 0.2) is 0 Å². The van der Waals surface area contributed by atoms with Crippen molar-refractivity contribution in [3.8, 4) is 0 Å². The number of aliphatic hydroxyl groups is 1. The number of rotatable bonds is 6. The molecule has 0 aliphatic heterocycles. The first-order valence-corrected chi connectivity index (χ1v) is 5.56. The zero-order valence-corrected chi connectivity index (χ0v) is 10.0. The predicted molar refractivity (Wildman–Crippen MR) is 64.9 cm³/mol. The summed E-state index contributed by atoms with van der Waals surface area (Å²) in [6.07, 6.45) is 4.05. The van der Waals surface area contributed by atoms with Crippen LogP contribution in [0.1, 0.15) is 26.7 Å². The van der Waals surface area contributed by atoms with Crippen molar-refractivity contribution in [1.29, 1.82) is 0 Å². The fourth-order valence-corrected chi connectivity index (χ4v) is 1.61. The number of hydrogen-bond acceptors (Lipinski definition) is 5. The number of nitro groups is 1. The molecule has 0 radical (unpaired) electrons. The standard InChI is InChI=1S/C11H17N3O3/c1-3-11(4-2,8-15)13-9-5-6-12-7-10(9)14(16)17/h5-7,15H,3-4,8H2,1-2H3,(H,12,13). The molecule has 0 saturated heterocycles. The summed E-state index contributed by atoms with van der Waals surface area (Å²) in [5, 5.41) is 23.3. The molecule has 2 N–H and O–H groups in total. The highest BCUT2D eigenvalue weighted by Gasteiger charge is 2.27. The van der Waals surface area contributed by atoms with E-state index in [1.807, 2.05) is 13.8 Å². The fraction of sp³-hybridized carbons (Fsp3) is 0.545. The smallest absolute Gasteiger partial charge is 0.310 e. The van der Waals surface area contributed by atoms with Gasteiger partial charge in [-0.15, -0.1) is 0 Å². The van der Waals surface area contributed by atoms with Crippen molar-refractivity contribution >= 4 is 11.4 Å². The van der Waals surface area contributed by atoms with E-state index in [-0.39, 0.29) is 12.3 Å². The average molecular weight is 239 g/mol. The quantitative estimate of drug-likeness (QED) is 0.585. The Morgan fingerprint density at radius 2 is 2.18 bits per heavy atom. The Labute approximate surface area is 99.8 Å². The van der Waals surface area contributed by atoms with E-state index in [1.54, 1.807) is 6.07 Å². The molecular weight excluding hydrogens is 222 g/mol. The topological polar surface area (TPSA) is 88.3 Å². The Morgan fingerprint density at radius 3 is 2.65 bits per heavy atom. The highest BCUT2D eigenvalue weighted by atomic mass is 16.6. The van der Waals surface area contributed by atoms with Crippen LogP contribution in [0.4, 0.5) is 11.4 Å². The Balaban J connectivity index is 3.05. The first kappa shape index (κ1) is 13.4. The molecule has 0 spiro atoms. The maximum absolute atomic E-state index is 10.8. The largest absolute Gasteiger partial charge is 0.394 e. The van der Waals surface area contributed by atoms with E-state index >= 15 is 0 Å². The number of anilines is 1. The van der Waals surface area contributed by atoms with Crippen LogP contribution < -0.4 is 5.32 Å². The van der Waals surface area contributed by atoms with Gasteiger partial charge >= 0.3 is 5.69 Å². The van der Waals surface area contributed by atoms with E-state index in [0.717, 1.165) is 0 Å². The number of hydrogen-bond donors (Lipinski definition) is 2. The molecule has 0 atom stereocenters. The number of pyridine rings is 1. The minimum absolute atomic E-state index is 0.0700. The van der Waals surface area contributed by atoms with Crippen LogP contribution in [0.15, 0.2) is 18.5 Å². The summed E-state index contributed by atoms with van der Waals surface area (Å²) in [7, 11) is 0. The molecule has 6 nitrogen and oxygen atoms in total. The lowest BCUT2D eigenvalue weighted by Gasteiger charge is -2.31. The van der Waals surface area contributed by atoms with E-state index < -0.39 is 10.5 Å². The molecule has 0 fully saturated rings. The van der Waals surface area contributed by atoms with Gasteiger partial charge in [0.05, 0.1) is 17.1 Å². The first-order valence-electron chi connectivity index (χ1n) is 5.56. The van der Waals surface area contributed by atoms with E-state index in [2.05, 4.69) is 10.3 Å². The minimum atomic E-state index is -0.522. The van der Waals surface area contributed by atoms with Gasteiger partial charge < -0.3 is 10.4 Å². The Morgan fingerprint density at radius 1 is 1.53 bits per heavy atom. The molecule has 1 aromatic rings. The molecule has 0 aliphatic rings. The molecule has 0 unspecified atom stereocenters. The van der Waals surface area contributed by atoms with Crippen molar-refractivity contribution < 1.29 is 10.0 Å². The van der Waals surface area contributed by atoms with Gasteiger partial charge in [0, 0.05) is 6.20 Å². The zero-order chi connectivity index (χ0) is 12.9. The zero-order valence-electron chi connectivity index (χ0n) is 10.0. The minimum Gasteiger partial charge on any atom is -0.394 e. The van der Waals surface area contributed by atoms with Gasteiger partial charge in [-0.05, 0) is 18.9 Å². The van der Waals surface area contributed by atoms with E-state index in [4.69, 9.17) is 0 Å². The lowest BCUT2D eigenvalue weighted by Crippen LogP contribution is -2.41. The third-order valence-corrected chi connectivity index (χ3v) is 3.05. The van der Waals surface area contributed by atoms with Gasteiger partial charge in [0.1, 0.15) is 11.9 Å². The van der Waals surface area contributed by atoms with Crippen LogP contribution in [0.2, 0.25) is 0 Å². The normalized spacial score (nSPS) is 11.2. The number of aromatic nitrogens is 1. The summed E-state index contributed by atoms with van der Waals surface area (Å²) >= 11 is 0. The van der Waals surface area contributed by atoms with Crippen molar-refractivity contribution in [2.24, 2.45) is 0 Å². The van der Waals surface area contributed by atoms with Gasteiger partial charge in [-0.2, -0.15) is 0 Å². The molecule has 1 heterocycles. The molecule has 94 valence electrons.